The van der Waals surface area contributed by atoms with E-state index in [0.29, 0.717) is 11.8 Å². The highest BCUT2D eigenvalue weighted by Gasteiger charge is 2.03. The second-order valence-electron chi connectivity index (χ2n) is 2.96. The number of hydrogen-bond acceptors (Lipinski definition) is 0. The van der Waals surface area contributed by atoms with Crippen molar-refractivity contribution in [2.75, 3.05) is 0 Å². The molecule has 0 saturated carbocycles. The maximum absolute atomic E-state index is 3.63. The van der Waals surface area contributed by atoms with Crippen LogP contribution in [0.3, 0.4) is 0 Å². The van der Waals surface area contributed by atoms with Crippen LogP contribution in [0.5, 0.6) is 0 Å². The molecule has 0 aliphatic rings. The Morgan fingerprint density at radius 1 is 0.833 bits per heavy atom. The molecule has 0 amide bonds. The van der Waals surface area contributed by atoms with E-state index in [9.17, 15) is 0 Å². The summed E-state index contributed by atoms with van der Waals surface area (Å²) in [7, 11) is 0. The van der Waals surface area contributed by atoms with E-state index in [1.54, 1.807) is 12.2 Å². The van der Waals surface area contributed by atoms with Crippen LogP contribution in [0.15, 0.2) is 49.6 Å². The van der Waals surface area contributed by atoms with Crippen LogP contribution in [0, 0.1) is 11.8 Å². The van der Waals surface area contributed by atoms with Crippen molar-refractivity contribution in [2.45, 2.75) is 13.8 Å². The Hall–Kier alpha value is -1.04. The first-order valence-electron chi connectivity index (χ1n) is 4.30. The summed E-state index contributed by atoms with van der Waals surface area (Å²) in [5.41, 5.74) is 0. The van der Waals surface area contributed by atoms with Gasteiger partial charge in [0, 0.05) is 0 Å². The third-order valence-corrected chi connectivity index (χ3v) is 1.93. The average molecular weight is 162 g/mol. The van der Waals surface area contributed by atoms with Gasteiger partial charge in [0.25, 0.3) is 0 Å². The van der Waals surface area contributed by atoms with Gasteiger partial charge in [-0.1, -0.05) is 63.5 Å². The molecule has 0 heterocycles. The summed E-state index contributed by atoms with van der Waals surface area (Å²) in [4.78, 5) is 0. The Morgan fingerprint density at radius 2 is 1.17 bits per heavy atom. The first kappa shape index (κ1) is 11.0. The second-order valence-corrected chi connectivity index (χ2v) is 2.96. The minimum atomic E-state index is 0.555. The predicted octanol–water partition coefficient (Wildman–Crippen LogP) is 3.74. The smallest absolute Gasteiger partial charge is 0.0198 e. The minimum absolute atomic E-state index is 0.555. The lowest BCUT2D eigenvalue weighted by Crippen LogP contribution is -2.00. The van der Waals surface area contributed by atoms with Crippen molar-refractivity contribution < 1.29 is 0 Å². The van der Waals surface area contributed by atoms with Gasteiger partial charge in [-0.15, -0.1) is 0 Å². The van der Waals surface area contributed by atoms with Gasteiger partial charge in [0.15, 0.2) is 0 Å². The van der Waals surface area contributed by atoms with E-state index < -0.39 is 0 Å². The normalized spacial score (nSPS) is 16.5. The molecule has 0 saturated heterocycles. The summed E-state index contributed by atoms with van der Waals surface area (Å²) in [5.74, 6) is 1.11. The molecule has 0 radical (unpaired) electrons. The average Bonchev–Trinajstić information content (AvgIpc) is 2.10. The summed E-state index contributed by atoms with van der Waals surface area (Å²) in [5, 5.41) is 0. The fourth-order valence-corrected chi connectivity index (χ4v) is 0.858. The SMILES string of the molecule is C=CC=CC(C)C(C)C=CC=C. The number of allylic oxidation sites excluding steroid dienone is 6. The number of hydrogen-bond donors (Lipinski definition) is 0. The molecule has 0 nitrogen and oxygen atoms in total. The molecule has 2 unspecified atom stereocenters. The van der Waals surface area contributed by atoms with E-state index in [1.807, 2.05) is 12.2 Å². The van der Waals surface area contributed by atoms with E-state index in [4.69, 9.17) is 0 Å². The summed E-state index contributed by atoms with van der Waals surface area (Å²) in [6.07, 6.45) is 11.9. The molecule has 0 aromatic heterocycles. The lowest BCUT2D eigenvalue weighted by Gasteiger charge is -2.10. The maximum atomic E-state index is 3.63. The molecule has 0 aliphatic carbocycles. The van der Waals surface area contributed by atoms with Crippen LogP contribution in [-0.4, -0.2) is 0 Å². The standard InChI is InChI=1S/C12H18/c1-5-7-9-11(3)12(4)10-8-6-2/h5-12H,1-2H2,3-4H3. The van der Waals surface area contributed by atoms with Crippen molar-refractivity contribution in [1.29, 1.82) is 0 Å². The van der Waals surface area contributed by atoms with Crippen LogP contribution in [0.25, 0.3) is 0 Å². The molecule has 0 N–H and O–H groups in total. The lowest BCUT2D eigenvalue weighted by atomic mass is 9.95. The Labute approximate surface area is 76.0 Å². The van der Waals surface area contributed by atoms with Crippen LogP contribution in [0.1, 0.15) is 13.8 Å². The minimum Gasteiger partial charge on any atom is -0.0991 e. The van der Waals surface area contributed by atoms with Crippen molar-refractivity contribution >= 4 is 0 Å². The summed E-state index contributed by atoms with van der Waals surface area (Å²) < 4.78 is 0. The van der Waals surface area contributed by atoms with Crippen LogP contribution in [-0.2, 0) is 0 Å². The summed E-state index contributed by atoms with van der Waals surface area (Å²) in [6.45, 7) is 11.7. The third-order valence-electron chi connectivity index (χ3n) is 1.93. The molecule has 0 aliphatic heterocycles. The predicted molar refractivity (Wildman–Crippen MR) is 57.0 cm³/mol. The Morgan fingerprint density at radius 3 is 1.42 bits per heavy atom. The Balaban J connectivity index is 3.99. The molecule has 0 bridgehead atoms. The number of rotatable bonds is 5. The topological polar surface area (TPSA) is 0 Å². The second kappa shape index (κ2) is 6.66. The van der Waals surface area contributed by atoms with Crippen LogP contribution >= 0.6 is 0 Å². The van der Waals surface area contributed by atoms with Crippen molar-refractivity contribution in [3.63, 3.8) is 0 Å². The van der Waals surface area contributed by atoms with Crippen molar-refractivity contribution in [1.82, 2.24) is 0 Å². The molecule has 66 valence electrons. The fraction of sp³-hybridized carbons (Fsp3) is 0.333. The van der Waals surface area contributed by atoms with Gasteiger partial charge in [-0.2, -0.15) is 0 Å². The molecule has 0 rings (SSSR count). The van der Waals surface area contributed by atoms with Crippen molar-refractivity contribution in [3.8, 4) is 0 Å². The van der Waals surface area contributed by atoms with Gasteiger partial charge in [-0.3, -0.25) is 0 Å². The molecule has 0 fully saturated rings. The van der Waals surface area contributed by atoms with Crippen LogP contribution < -0.4 is 0 Å². The molecule has 0 spiro atoms. The Bertz CT molecular complexity index is 162. The van der Waals surface area contributed by atoms with E-state index in [-0.39, 0.29) is 0 Å². The Kier molecular flexibility index (Phi) is 6.08. The van der Waals surface area contributed by atoms with E-state index >= 15 is 0 Å². The van der Waals surface area contributed by atoms with Crippen LogP contribution in [0.2, 0.25) is 0 Å². The van der Waals surface area contributed by atoms with Gasteiger partial charge in [0.1, 0.15) is 0 Å². The molecular weight excluding hydrogens is 144 g/mol. The summed E-state index contributed by atoms with van der Waals surface area (Å²) in [6, 6.07) is 0. The molecule has 0 heteroatoms. The summed E-state index contributed by atoms with van der Waals surface area (Å²) >= 11 is 0. The molecule has 2 atom stereocenters. The quantitative estimate of drug-likeness (QED) is 0.540. The van der Waals surface area contributed by atoms with Crippen LogP contribution in [0.4, 0.5) is 0 Å². The first-order chi connectivity index (χ1) is 5.72. The van der Waals surface area contributed by atoms with Gasteiger partial charge in [-0.25, -0.2) is 0 Å². The van der Waals surface area contributed by atoms with Gasteiger partial charge in [0.2, 0.25) is 0 Å². The van der Waals surface area contributed by atoms with Gasteiger partial charge < -0.3 is 0 Å². The van der Waals surface area contributed by atoms with E-state index in [2.05, 4.69) is 39.2 Å². The highest BCUT2D eigenvalue weighted by atomic mass is 14.1. The third kappa shape index (κ3) is 4.73. The van der Waals surface area contributed by atoms with E-state index in [0.717, 1.165) is 0 Å². The lowest BCUT2D eigenvalue weighted by molar-refractivity contribution is 0.558. The maximum Gasteiger partial charge on any atom is -0.0198 e. The zero-order chi connectivity index (χ0) is 9.40. The first-order valence-corrected chi connectivity index (χ1v) is 4.30. The molecular formula is C12H18. The molecule has 0 aromatic rings. The fourth-order valence-electron chi connectivity index (χ4n) is 0.858. The van der Waals surface area contributed by atoms with Gasteiger partial charge in [0.05, 0.1) is 0 Å². The zero-order valence-corrected chi connectivity index (χ0v) is 8.03. The monoisotopic (exact) mass is 162 g/mol. The van der Waals surface area contributed by atoms with Crippen molar-refractivity contribution in [2.24, 2.45) is 11.8 Å². The largest absolute Gasteiger partial charge is 0.0991 e. The highest BCUT2D eigenvalue weighted by molar-refractivity contribution is 5.05. The van der Waals surface area contributed by atoms with Crippen molar-refractivity contribution in [3.05, 3.63) is 49.6 Å². The zero-order valence-electron chi connectivity index (χ0n) is 8.03. The van der Waals surface area contributed by atoms with E-state index in [1.165, 1.54) is 0 Å². The molecule has 0 aromatic carbocycles. The molecule has 12 heavy (non-hydrogen) atoms. The van der Waals surface area contributed by atoms with Gasteiger partial charge in [-0.05, 0) is 11.8 Å². The highest BCUT2D eigenvalue weighted by Crippen LogP contribution is 2.13. The van der Waals surface area contributed by atoms with Gasteiger partial charge >= 0.3 is 0 Å².